The predicted octanol–water partition coefficient (Wildman–Crippen LogP) is 2.03. The number of nitrogens with zero attached hydrogens (tertiary/aromatic N) is 2. The van der Waals surface area contributed by atoms with E-state index in [1.54, 1.807) is 6.92 Å². The summed E-state index contributed by atoms with van der Waals surface area (Å²) in [5.41, 5.74) is 1.06. The van der Waals surface area contributed by atoms with Gasteiger partial charge in [-0.1, -0.05) is 42.1 Å². The minimum Gasteiger partial charge on any atom is -0.450 e. The molecule has 1 aromatic heterocycles. The number of carbonyl (C=O) groups excluding carboxylic acids is 2. The third-order valence-corrected chi connectivity index (χ3v) is 3.31. The van der Waals surface area contributed by atoms with Crippen LogP contribution in [0.5, 0.6) is 0 Å². The molecule has 0 bridgehead atoms. The molecule has 0 saturated carbocycles. The Morgan fingerprint density at radius 1 is 1.27 bits per heavy atom. The van der Waals surface area contributed by atoms with Crippen LogP contribution in [0.3, 0.4) is 0 Å². The number of carbonyl (C=O) groups is 2. The molecule has 22 heavy (non-hydrogen) atoms. The molecule has 0 aliphatic rings. The van der Waals surface area contributed by atoms with Crippen molar-refractivity contribution in [3.05, 3.63) is 41.8 Å². The zero-order valence-electron chi connectivity index (χ0n) is 11.9. The average molecular weight is 321 g/mol. The van der Waals surface area contributed by atoms with E-state index in [1.165, 1.54) is 0 Å². The highest BCUT2D eigenvalue weighted by molar-refractivity contribution is 7.99. The molecular weight excluding hydrogens is 306 g/mol. The second-order valence-corrected chi connectivity index (χ2v) is 5.11. The van der Waals surface area contributed by atoms with Gasteiger partial charge in [-0.15, -0.1) is 10.2 Å². The van der Waals surface area contributed by atoms with E-state index in [-0.39, 0.29) is 17.6 Å². The lowest BCUT2D eigenvalue weighted by Crippen LogP contribution is -2.32. The quantitative estimate of drug-likeness (QED) is 0.813. The summed E-state index contributed by atoms with van der Waals surface area (Å²) in [6.07, 6.45) is -0.230. The zero-order valence-corrected chi connectivity index (χ0v) is 12.8. The maximum Gasteiger partial charge on any atom is 0.413 e. The summed E-state index contributed by atoms with van der Waals surface area (Å²) in [7, 11) is 0. The Hall–Kier alpha value is -2.35. The SMILES string of the molecule is CCOC(=O)NC(=O)CSc1nnc(Cc2ccccc2)o1. The van der Waals surface area contributed by atoms with E-state index in [9.17, 15) is 9.59 Å². The van der Waals surface area contributed by atoms with Gasteiger partial charge in [-0.2, -0.15) is 0 Å². The predicted molar refractivity (Wildman–Crippen MR) is 79.4 cm³/mol. The van der Waals surface area contributed by atoms with Crippen molar-refractivity contribution in [3.63, 3.8) is 0 Å². The summed E-state index contributed by atoms with van der Waals surface area (Å²) in [5.74, 6) is -0.0167. The highest BCUT2D eigenvalue weighted by atomic mass is 32.2. The number of imide groups is 1. The third-order valence-electron chi connectivity index (χ3n) is 2.49. The number of hydrogen-bond acceptors (Lipinski definition) is 7. The van der Waals surface area contributed by atoms with Gasteiger partial charge >= 0.3 is 6.09 Å². The Balaban J connectivity index is 1.80. The average Bonchev–Trinajstić information content (AvgIpc) is 2.94. The van der Waals surface area contributed by atoms with Crippen LogP contribution in [0.4, 0.5) is 4.79 Å². The summed E-state index contributed by atoms with van der Waals surface area (Å²) in [4.78, 5) is 22.5. The monoisotopic (exact) mass is 321 g/mol. The molecule has 0 spiro atoms. The molecule has 0 saturated heterocycles. The molecule has 0 aliphatic carbocycles. The number of thioether (sulfide) groups is 1. The lowest BCUT2D eigenvalue weighted by atomic mass is 10.2. The molecule has 0 radical (unpaired) electrons. The fourth-order valence-electron chi connectivity index (χ4n) is 1.58. The van der Waals surface area contributed by atoms with Crippen LogP contribution >= 0.6 is 11.8 Å². The summed E-state index contributed by atoms with van der Waals surface area (Å²) in [6.45, 7) is 1.87. The smallest absolute Gasteiger partial charge is 0.413 e. The van der Waals surface area contributed by atoms with Gasteiger partial charge in [0.1, 0.15) is 0 Å². The van der Waals surface area contributed by atoms with E-state index in [0.29, 0.717) is 12.3 Å². The van der Waals surface area contributed by atoms with E-state index >= 15 is 0 Å². The van der Waals surface area contributed by atoms with Crippen LogP contribution in [0.15, 0.2) is 40.0 Å². The van der Waals surface area contributed by atoms with Gasteiger partial charge in [0.25, 0.3) is 5.22 Å². The summed E-state index contributed by atoms with van der Waals surface area (Å²) in [5, 5.41) is 10.1. The van der Waals surface area contributed by atoms with Crippen LogP contribution < -0.4 is 5.32 Å². The van der Waals surface area contributed by atoms with Gasteiger partial charge in [0.2, 0.25) is 11.8 Å². The molecule has 8 heteroatoms. The second kappa shape index (κ2) is 8.18. The van der Waals surface area contributed by atoms with E-state index in [0.717, 1.165) is 17.3 Å². The molecule has 2 rings (SSSR count). The van der Waals surface area contributed by atoms with Gasteiger partial charge in [-0.3, -0.25) is 10.1 Å². The van der Waals surface area contributed by atoms with E-state index in [1.807, 2.05) is 30.3 Å². The first-order chi connectivity index (χ1) is 10.7. The molecule has 0 unspecified atom stereocenters. The minimum absolute atomic E-state index is 0.00815. The summed E-state index contributed by atoms with van der Waals surface area (Å²) in [6, 6.07) is 9.72. The topological polar surface area (TPSA) is 94.3 Å². The molecule has 2 amide bonds. The van der Waals surface area contributed by atoms with Crippen molar-refractivity contribution >= 4 is 23.8 Å². The molecule has 116 valence electrons. The van der Waals surface area contributed by atoms with Gasteiger partial charge in [0.05, 0.1) is 18.8 Å². The van der Waals surface area contributed by atoms with Crippen molar-refractivity contribution in [2.75, 3.05) is 12.4 Å². The Morgan fingerprint density at radius 3 is 2.77 bits per heavy atom. The van der Waals surface area contributed by atoms with Crippen LogP contribution in [0.25, 0.3) is 0 Å². The second-order valence-electron chi connectivity index (χ2n) is 4.18. The number of aromatic nitrogens is 2. The Kier molecular flexibility index (Phi) is 5.96. The van der Waals surface area contributed by atoms with Gasteiger partial charge in [0.15, 0.2) is 0 Å². The largest absolute Gasteiger partial charge is 0.450 e. The standard InChI is InChI=1S/C14H15N3O4S/c1-2-20-13(19)15-11(18)9-22-14-17-16-12(21-14)8-10-6-4-3-5-7-10/h3-7H,2,8-9H2,1H3,(H,15,18,19). The van der Waals surface area contributed by atoms with Crippen LogP contribution in [0, 0.1) is 0 Å². The highest BCUT2D eigenvalue weighted by Gasteiger charge is 2.12. The fraction of sp³-hybridized carbons (Fsp3) is 0.286. The van der Waals surface area contributed by atoms with E-state index < -0.39 is 12.0 Å². The van der Waals surface area contributed by atoms with Crippen LogP contribution in [0.1, 0.15) is 18.4 Å². The first-order valence-electron chi connectivity index (χ1n) is 6.63. The number of hydrogen-bond donors (Lipinski definition) is 1. The normalized spacial score (nSPS) is 10.2. The van der Waals surface area contributed by atoms with Gasteiger partial charge < -0.3 is 9.15 Å². The molecule has 2 aromatic rings. The number of amides is 2. The van der Waals surface area contributed by atoms with Crippen molar-refractivity contribution in [1.82, 2.24) is 15.5 Å². The van der Waals surface area contributed by atoms with Gasteiger partial charge in [-0.05, 0) is 12.5 Å². The van der Waals surface area contributed by atoms with Crippen LogP contribution in [-0.2, 0) is 16.0 Å². The van der Waals surface area contributed by atoms with Crippen molar-refractivity contribution in [1.29, 1.82) is 0 Å². The maximum atomic E-state index is 11.5. The van der Waals surface area contributed by atoms with E-state index in [2.05, 4.69) is 20.3 Å². The Bertz CT molecular complexity index is 630. The molecule has 1 N–H and O–H groups in total. The minimum atomic E-state index is -0.761. The maximum absolute atomic E-state index is 11.5. The molecule has 7 nitrogen and oxygen atoms in total. The Labute approximate surface area is 131 Å². The summed E-state index contributed by atoms with van der Waals surface area (Å²) >= 11 is 1.06. The van der Waals surface area contributed by atoms with Crippen molar-refractivity contribution in [2.45, 2.75) is 18.6 Å². The fourth-order valence-corrected chi connectivity index (χ4v) is 2.16. The molecule has 0 fully saturated rings. The molecule has 1 heterocycles. The first kappa shape index (κ1) is 16.0. The molecular formula is C14H15N3O4S. The number of alkyl carbamates (subject to hydrolysis) is 1. The lowest BCUT2D eigenvalue weighted by molar-refractivity contribution is -0.117. The zero-order chi connectivity index (χ0) is 15.8. The Morgan fingerprint density at radius 2 is 2.05 bits per heavy atom. The number of ether oxygens (including phenoxy) is 1. The van der Waals surface area contributed by atoms with E-state index in [4.69, 9.17) is 4.42 Å². The molecule has 1 aromatic carbocycles. The number of rotatable bonds is 6. The summed E-state index contributed by atoms with van der Waals surface area (Å²) < 4.78 is 10.0. The number of nitrogens with one attached hydrogen (secondary N) is 1. The lowest BCUT2D eigenvalue weighted by Gasteiger charge is -2.02. The molecule has 0 aliphatic heterocycles. The van der Waals surface area contributed by atoms with Crippen molar-refractivity contribution in [2.24, 2.45) is 0 Å². The highest BCUT2D eigenvalue weighted by Crippen LogP contribution is 2.17. The van der Waals surface area contributed by atoms with Gasteiger partial charge in [0, 0.05) is 0 Å². The van der Waals surface area contributed by atoms with Gasteiger partial charge in [-0.25, -0.2) is 4.79 Å². The van der Waals surface area contributed by atoms with Crippen molar-refractivity contribution in [3.8, 4) is 0 Å². The van der Waals surface area contributed by atoms with Crippen LogP contribution in [-0.4, -0.2) is 34.6 Å². The third kappa shape index (κ3) is 5.21. The number of benzene rings is 1. The molecule has 0 atom stereocenters. The first-order valence-corrected chi connectivity index (χ1v) is 7.61. The van der Waals surface area contributed by atoms with Crippen molar-refractivity contribution < 1.29 is 18.7 Å². The van der Waals surface area contributed by atoms with Crippen LogP contribution in [0.2, 0.25) is 0 Å².